The van der Waals surface area contributed by atoms with E-state index in [1.54, 1.807) is 6.07 Å². The van der Waals surface area contributed by atoms with Crippen LogP contribution < -0.4 is 10.1 Å². The number of nitrogens with one attached hydrogen (secondary N) is 1. The Morgan fingerprint density at radius 2 is 2.25 bits per heavy atom. The Labute approximate surface area is 119 Å². The fourth-order valence-electron chi connectivity index (χ4n) is 2.76. The lowest BCUT2D eigenvalue weighted by Gasteiger charge is -2.12. The van der Waals surface area contributed by atoms with Crippen LogP contribution in [0, 0.1) is 24.0 Å². The number of aryl methyl sites for hydroxylation is 2. The molecule has 0 radical (unpaired) electrons. The quantitative estimate of drug-likeness (QED) is 0.493. The van der Waals surface area contributed by atoms with Crippen molar-refractivity contribution in [2.75, 3.05) is 13.2 Å². The summed E-state index contributed by atoms with van der Waals surface area (Å²) in [5.74, 6) is 0.417. The summed E-state index contributed by atoms with van der Waals surface area (Å²) in [5, 5.41) is 14.5. The van der Waals surface area contributed by atoms with Crippen molar-refractivity contribution in [1.82, 2.24) is 5.32 Å². The number of hydrogen-bond donors (Lipinski definition) is 1. The molecule has 1 aliphatic heterocycles. The van der Waals surface area contributed by atoms with Crippen molar-refractivity contribution in [2.45, 2.75) is 45.6 Å². The maximum atomic E-state index is 11.1. The van der Waals surface area contributed by atoms with E-state index in [0.717, 1.165) is 30.5 Å². The molecule has 5 heteroatoms. The zero-order valence-corrected chi connectivity index (χ0v) is 12.1. The van der Waals surface area contributed by atoms with E-state index in [9.17, 15) is 10.1 Å². The van der Waals surface area contributed by atoms with Gasteiger partial charge in [-0.15, -0.1) is 0 Å². The number of nitro benzene ring substituents is 1. The summed E-state index contributed by atoms with van der Waals surface area (Å²) < 4.78 is 5.67. The van der Waals surface area contributed by atoms with E-state index in [4.69, 9.17) is 4.74 Å². The van der Waals surface area contributed by atoms with E-state index in [1.807, 2.05) is 19.9 Å². The molecule has 1 atom stereocenters. The van der Waals surface area contributed by atoms with Gasteiger partial charge in [0.2, 0.25) is 0 Å². The fourth-order valence-corrected chi connectivity index (χ4v) is 2.76. The van der Waals surface area contributed by atoms with E-state index in [1.165, 1.54) is 12.8 Å². The molecule has 1 fully saturated rings. The van der Waals surface area contributed by atoms with Crippen LogP contribution in [0.5, 0.6) is 5.75 Å². The van der Waals surface area contributed by atoms with Crippen molar-refractivity contribution in [3.8, 4) is 5.75 Å². The molecule has 1 aromatic rings. The van der Waals surface area contributed by atoms with Crippen molar-refractivity contribution in [2.24, 2.45) is 0 Å². The largest absolute Gasteiger partial charge is 0.487 e. The molecule has 1 aliphatic rings. The summed E-state index contributed by atoms with van der Waals surface area (Å²) in [6.07, 6.45) is 4.46. The minimum atomic E-state index is -0.367. The van der Waals surface area contributed by atoms with Crippen LogP contribution in [0.1, 0.15) is 36.8 Å². The van der Waals surface area contributed by atoms with Crippen molar-refractivity contribution >= 4 is 5.69 Å². The van der Waals surface area contributed by atoms with Crippen LogP contribution in [0.2, 0.25) is 0 Å². The molecule has 0 spiro atoms. The standard InChI is InChI=1S/C15H22N2O3/c1-11-9-12(2)15(14(10-11)17(18)19)20-8-4-6-13-5-3-7-16-13/h9-10,13,16H,3-8H2,1-2H3. The highest BCUT2D eigenvalue weighted by Gasteiger charge is 2.19. The minimum Gasteiger partial charge on any atom is -0.487 e. The van der Waals surface area contributed by atoms with E-state index < -0.39 is 0 Å². The van der Waals surface area contributed by atoms with Gasteiger partial charge in [0, 0.05) is 12.1 Å². The van der Waals surface area contributed by atoms with Crippen LogP contribution in [0.3, 0.4) is 0 Å². The van der Waals surface area contributed by atoms with Crippen LogP contribution in [0.25, 0.3) is 0 Å². The Kier molecular flexibility index (Phi) is 4.95. The molecule has 0 aromatic heterocycles. The summed E-state index contributed by atoms with van der Waals surface area (Å²) in [6, 6.07) is 4.08. The summed E-state index contributed by atoms with van der Waals surface area (Å²) in [6.45, 7) is 5.35. The second-order valence-corrected chi connectivity index (χ2v) is 5.47. The molecular formula is C15H22N2O3. The first-order chi connectivity index (χ1) is 9.58. The second-order valence-electron chi connectivity index (χ2n) is 5.47. The molecule has 1 saturated heterocycles. The zero-order chi connectivity index (χ0) is 14.5. The summed E-state index contributed by atoms with van der Waals surface area (Å²) in [4.78, 5) is 10.7. The van der Waals surface area contributed by atoms with Gasteiger partial charge in [0.1, 0.15) is 0 Å². The molecule has 0 bridgehead atoms. The normalized spacial score (nSPS) is 18.2. The number of benzene rings is 1. The average molecular weight is 278 g/mol. The SMILES string of the molecule is Cc1cc(C)c(OCCCC2CCCN2)c([N+](=O)[O-])c1. The number of rotatable bonds is 6. The number of hydrogen-bond acceptors (Lipinski definition) is 4. The Balaban J connectivity index is 1.92. The third kappa shape index (κ3) is 3.70. The molecule has 1 N–H and O–H groups in total. The molecule has 1 aromatic carbocycles. The monoisotopic (exact) mass is 278 g/mol. The van der Waals surface area contributed by atoms with Gasteiger partial charge in [-0.3, -0.25) is 10.1 Å². The van der Waals surface area contributed by atoms with Crippen molar-refractivity contribution in [1.29, 1.82) is 0 Å². The third-order valence-corrected chi connectivity index (χ3v) is 3.70. The van der Waals surface area contributed by atoms with Crippen molar-refractivity contribution < 1.29 is 9.66 Å². The van der Waals surface area contributed by atoms with E-state index in [2.05, 4.69) is 5.32 Å². The van der Waals surface area contributed by atoms with Crippen LogP contribution >= 0.6 is 0 Å². The lowest BCUT2D eigenvalue weighted by Crippen LogP contribution is -2.21. The number of ether oxygens (including phenoxy) is 1. The Morgan fingerprint density at radius 1 is 1.45 bits per heavy atom. The van der Waals surface area contributed by atoms with E-state index in [-0.39, 0.29) is 10.6 Å². The van der Waals surface area contributed by atoms with Crippen LogP contribution in [-0.4, -0.2) is 24.1 Å². The van der Waals surface area contributed by atoms with Gasteiger partial charge in [-0.25, -0.2) is 0 Å². The first-order valence-corrected chi connectivity index (χ1v) is 7.19. The van der Waals surface area contributed by atoms with Gasteiger partial charge < -0.3 is 10.1 Å². The number of nitrogens with zero attached hydrogens (tertiary/aromatic N) is 1. The van der Waals surface area contributed by atoms with Crippen molar-refractivity contribution in [3.05, 3.63) is 33.4 Å². The molecule has 0 saturated carbocycles. The molecule has 5 nitrogen and oxygen atoms in total. The lowest BCUT2D eigenvalue weighted by atomic mass is 10.1. The average Bonchev–Trinajstić information content (AvgIpc) is 2.88. The van der Waals surface area contributed by atoms with Gasteiger partial charge in [-0.2, -0.15) is 0 Å². The molecule has 0 amide bonds. The Bertz CT molecular complexity index is 482. The third-order valence-electron chi connectivity index (χ3n) is 3.70. The summed E-state index contributed by atoms with van der Waals surface area (Å²) in [7, 11) is 0. The summed E-state index contributed by atoms with van der Waals surface area (Å²) in [5.41, 5.74) is 1.79. The molecule has 1 unspecified atom stereocenters. The predicted molar refractivity (Wildman–Crippen MR) is 78.3 cm³/mol. The second kappa shape index (κ2) is 6.70. The molecular weight excluding hydrogens is 256 g/mol. The smallest absolute Gasteiger partial charge is 0.311 e. The van der Waals surface area contributed by atoms with Gasteiger partial charge in [0.05, 0.1) is 11.5 Å². The van der Waals surface area contributed by atoms with Gasteiger partial charge in [0.25, 0.3) is 0 Å². The fraction of sp³-hybridized carbons (Fsp3) is 0.600. The number of nitro groups is 1. The molecule has 110 valence electrons. The minimum absolute atomic E-state index is 0.0708. The highest BCUT2D eigenvalue weighted by atomic mass is 16.6. The molecule has 2 rings (SSSR count). The van der Waals surface area contributed by atoms with Gasteiger partial charge in [-0.05, 0) is 57.2 Å². The highest BCUT2D eigenvalue weighted by molar-refractivity contribution is 5.53. The molecule has 0 aliphatic carbocycles. The molecule has 20 heavy (non-hydrogen) atoms. The van der Waals surface area contributed by atoms with Gasteiger partial charge in [0.15, 0.2) is 5.75 Å². The van der Waals surface area contributed by atoms with Crippen molar-refractivity contribution in [3.63, 3.8) is 0 Å². The van der Waals surface area contributed by atoms with Gasteiger partial charge in [-0.1, -0.05) is 6.07 Å². The van der Waals surface area contributed by atoms with E-state index >= 15 is 0 Å². The summed E-state index contributed by atoms with van der Waals surface area (Å²) >= 11 is 0. The highest BCUT2D eigenvalue weighted by Crippen LogP contribution is 2.32. The predicted octanol–water partition coefficient (Wildman–Crippen LogP) is 3.12. The van der Waals surface area contributed by atoms with E-state index in [0.29, 0.717) is 18.4 Å². The van der Waals surface area contributed by atoms with Crippen LogP contribution in [0.15, 0.2) is 12.1 Å². The topological polar surface area (TPSA) is 64.4 Å². The maximum Gasteiger partial charge on any atom is 0.311 e. The van der Waals surface area contributed by atoms with Crippen LogP contribution in [0.4, 0.5) is 5.69 Å². The van der Waals surface area contributed by atoms with Crippen LogP contribution in [-0.2, 0) is 0 Å². The maximum absolute atomic E-state index is 11.1. The lowest BCUT2D eigenvalue weighted by molar-refractivity contribution is -0.386. The first-order valence-electron chi connectivity index (χ1n) is 7.19. The first kappa shape index (κ1) is 14.8. The zero-order valence-electron chi connectivity index (χ0n) is 12.1. The Morgan fingerprint density at radius 3 is 2.90 bits per heavy atom. The molecule has 1 heterocycles. The Hall–Kier alpha value is -1.62. The van der Waals surface area contributed by atoms with Gasteiger partial charge >= 0.3 is 5.69 Å².